The van der Waals surface area contributed by atoms with E-state index in [1.165, 1.54) is 30.3 Å². The summed E-state index contributed by atoms with van der Waals surface area (Å²) in [6.07, 6.45) is 0. The first kappa shape index (κ1) is 21.8. The second-order valence-corrected chi connectivity index (χ2v) is 8.94. The van der Waals surface area contributed by atoms with Crippen LogP contribution in [0.4, 0.5) is 10.1 Å². The minimum absolute atomic E-state index is 0.00268. The molecule has 8 heteroatoms. The van der Waals surface area contributed by atoms with Gasteiger partial charge in [-0.1, -0.05) is 35.9 Å². The summed E-state index contributed by atoms with van der Waals surface area (Å²) >= 11 is 6.12. The number of rotatable bonds is 6. The van der Waals surface area contributed by atoms with Gasteiger partial charge in [0.25, 0.3) is 15.9 Å². The first-order valence-corrected chi connectivity index (χ1v) is 10.9. The molecular weight excluding hydrogens is 427 g/mol. The van der Waals surface area contributed by atoms with E-state index in [0.717, 1.165) is 11.1 Å². The van der Waals surface area contributed by atoms with Crippen molar-refractivity contribution in [2.75, 3.05) is 4.72 Å². The number of amides is 1. The molecule has 0 aromatic heterocycles. The van der Waals surface area contributed by atoms with Gasteiger partial charge < -0.3 is 5.32 Å². The highest BCUT2D eigenvalue weighted by atomic mass is 35.5. The normalized spacial score (nSPS) is 11.2. The number of benzene rings is 3. The number of sulfonamides is 1. The smallest absolute Gasteiger partial charge is 0.263 e. The van der Waals surface area contributed by atoms with Crippen LogP contribution in [0.3, 0.4) is 0 Å². The molecule has 0 heterocycles. The molecule has 0 aliphatic rings. The summed E-state index contributed by atoms with van der Waals surface area (Å²) in [7, 11) is -4.01. The van der Waals surface area contributed by atoms with Gasteiger partial charge in [-0.3, -0.25) is 9.52 Å². The Labute approximate surface area is 179 Å². The van der Waals surface area contributed by atoms with Crippen molar-refractivity contribution in [3.8, 4) is 0 Å². The lowest BCUT2D eigenvalue weighted by Gasteiger charge is -2.13. The molecule has 156 valence electrons. The van der Waals surface area contributed by atoms with Crippen LogP contribution in [-0.4, -0.2) is 14.3 Å². The number of aryl methyl sites for hydroxylation is 2. The molecular formula is C22H20ClFN2O3S. The molecule has 0 fully saturated rings. The van der Waals surface area contributed by atoms with Crippen molar-refractivity contribution in [1.29, 1.82) is 0 Å². The fraction of sp³-hybridized carbons (Fsp3) is 0.136. The van der Waals surface area contributed by atoms with Crippen LogP contribution < -0.4 is 10.0 Å². The molecule has 0 atom stereocenters. The van der Waals surface area contributed by atoms with Gasteiger partial charge in [0.15, 0.2) is 0 Å². The molecule has 0 aliphatic heterocycles. The molecule has 0 spiro atoms. The van der Waals surface area contributed by atoms with Gasteiger partial charge in [0.2, 0.25) is 0 Å². The lowest BCUT2D eigenvalue weighted by atomic mass is 10.1. The van der Waals surface area contributed by atoms with Gasteiger partial charge in [-0.25, -0.2) is 12.8 Å². The van der Waals surface area contributed by atoms with E-state index >= 15 is 0 Å². The molecule has 0 bridgehead atoms. The Balaban J connectivity index is 1.82. The van der Waals surface area contributed by atoms with E-state index in [1.807, 2.05) is 19.1 Å². The fourth-order valence-corrected chi connectivity index (χ4v) is 4.43. The van der Waals surface area contributed by atoms with Gasteiger partial charge in [0, 0.05) is 12.1 Å². The van der Waals surface area contributed by atoms with Crippen LogP contribution in [0, 0.1) is 19.7 Å². The van der Waals surface area contributed by atoms with Crippen LogP contribution in [0.15, 0.2) is 65.6 Å². The lowest BCUT2D eigenvalue weighted by Crippen LogP contribution is -2.23. The van der Waals surface area contributed by atoms with E-state index in [9.17, 15) is 17.6 Å². The molecule has 3 rings (SSSR count). The molecule has 0 aliphatic carbocycles. The molecule has 0 saturated carbocycles. The van der Waals surface area contributed by atoms with Crippen molar-refractivity contribution in [3.05, 3.63) is 93.8 Å². The van der Waals surface area contributed by atoms with E-state index in [1.54, 1.807) is 25.1 Å². The Hall–Kier alpha value is -2.90. The molecule has 5 nitrogen and oxygen atoms in total. The third-order valence-corrected chi connectivity index (χ3v) is 6.33. The number of hydrogen-bond acceptors (Lipinski definition) is 3. The van der Waals surface area contributed by atoms with Crippen LogP contribution in [0.1, 0.15) is 27.0 Å². The summed E-state index contributed by atoms with van der Waals surface area (Å²) in [4.78, 5) is 12.3. The zero-order valence-corrected chi connectivity index (χ0v) is 17.9. The molecule has 30 heavy (non-hydrogen) atoms. The zero-order valence-electron chi connectivity index (χ0n) is 16.4. The van der Waals surface area contributed by atoms with Crippen molar-refractivity contribution in [1.82, 2.24) is 5.32 Å². The summed E-state index contributed by atoms with van der Waals surface area (Å²) in [5, 5.41) is 2.68. The highest BCUT2D eigenvalue weighted by molar-refractivity contribution is 7.92. The number of nitrogens with one attached hydrogen (secondary N) is 2. The Morgan fingerprint density at radius 1 is 1.00 bits per heavy atom. The maximum Gasteiger partial charge on any atom is 0.263 e. The second kappa shape index (κ2) is 8.85. The Kier molecular flexibility index (Phi) is 6.43. The number of hydrogen-bond donors (Lipinski definition) is 2. The average Bonchev–Trinajstić information content (AvgIpc) is 2.70. The van der Waals surface area contributed by atoms with Gasteiger partial charge in [-0.2, -0.15) is 0 Å². The molecule has 2 N–H and O–H groups in total. The summed E-state index contributed by atoms with van der Waals surface area (Å²) in [5.41, 5.74) is 2.95. The fourth-order valence-electron chi connectivity index (χ4n) is 2.78. The highest BCUT2D eigenvalue weighted by Gasteiger charge is 2.21. The molecule has 3 aromatic rings. The quantitative estimate of drug-likeness (QED) is 0.569. The lowest BCUT2D eigenvalue weighted by molar-refractivity contribution is 0.0950. The summed E-state index contributed by atoms with van der Waals surface area (Å²) in [6.45, 7) is 3.82. The SMILES string of the molecule is Cc1ccc(C)c(NS(=O)(=O)c2cc(C(=O)NCc3ccc(F)cc3)ccc2Cl)c1. The van der Waals surface area contributed by atoms with Crippen molar-refractivity contribution in [2.45, 2.75) is 25.3 Å². The summed E-state index contributed by atoms with van der Waals surface area (Å²) < 4.78 is 41.3. The van der Waals surface area contributed by atoms with Crippen LogP contribution in [0.5, 0.6) is 0 Å². The summed E-state index contributed by atoms with van der Waals surface area (Å²) in [6, 6.07) is 15.2. The molecule has 1 amide bonds. The summed E-state index contributed by atoms with van der Waals surface area (Å²) in [5.74, 6) is -0.840. The molecule has 3 aromatic carbocycles. The van der Waals surface area contributed by atoms with Crippen LogP contribution in [0.2, 0.25) is 5.02 Å². The van der Waals surface area contributed by atoms with E-state index in [-0.39, 0.29) is 27.8 Å². The van der Waals surface area contributed by atoms with Crippen molar-refractivity contribution in [2.24, 2.45) is 0 Å². The number of anilines is 1. The van der Waals surface area contributed by atoms with Crippen LogP contribution >= 0.6 is 11.6 Å². The Morgan fingerprint density at radius 2 is 1.70 bits per heavy atom. The molecule has 0 saturated heterocycles. The maximum absolute atomic E-state index is 13.0. The Morgan fingerprint density at radius 3 is 2.40 bits per heavy atom. The number of carbonyl (C=O) groups excluding carboxylic acids is 1. The zero-order chi connectivity index (χ0) is 21.9. The third-order valence-electron chi connectivity index (χ3n) is 4.49. The molecule has 0 unspecified atom stereocenters. The largest absolute Gasteiger partial charge is 0.348 e. The van der Waals surface area contributed by atoms with Gasteiger partial charge in [-0.15, -0.1) is 0 Å². The minimum atomic E-state index is -4.01. The standard InChI is InChI=1S/C22H20ClFN2O3S/c1-14-3-4-15(2)20(11-14)26-30(28,29)21-12-17(7-10-19(21)23)22(27)25-13-16-5-8-18(24)9-6-16/h3-12,26H,13H2,1-2H3,(H,25,27). The first-order valence-electron chi connectivity index (χ1n) is 9.08. The van der Waals surface area contributed by atoms with Crippen LogP contribution in [-0.2, 0) is 16.6 Å². The maximum atomic E-state index is 13.0. The van der Waals surface area contributed by atoms with Gasteiger partial charge in [0.1, 0.15) is 10.7 Å². The first-order chi connectivity index (χ1) is 14.2. The van der Waals surface area contributed by atoms with Crippen LogP contribution in [0.25, 0.3) is 0 Å². The van der Waals surface area contributed by atoms with E-state index in [2.05, 4.69) is 10.0 Å². The topological polar surface area (TPSA) is 75.3 Å². The second-order valence-electron chi connectivity index (χ2n) is 6.88. The van der Waals surface area contributed by atoms with Crippen molar-refractivity contribution >= 4 is 33.2 Å². The number of halogens is 2. The van der Waals surface area contributed by atoms with Gasteiger partial charge >= 0.3 is 0 Å². The van der Waals surface area contributed by atoms with Crippen molar-refractivity contribution < 1.29 is 17.6 Å². The number of carbonyl (C=O) groups is 1. The van der Waals surface area contributed by atoms with E-state index in [0.29, 0.717) is 11.3 Å². The Bertz CT molecular complexity index is 1200. The predicted molar refractivity (Wildman–Crippen MR) is 116 cm³/mol. The predicted octanol–water partition coefficient (Wildman–Crippen LogP) is 4.83. The average molecular weight is 447 g/mol. The highest BCUT2D eigenvalue weighted by Crippen LogP contribution is 2.27. The monoisotopic (exact) mass is 446 g/mol. The van der Waals surface area contributed by atoms with Gasteiger partial charge in [-0.05, 0) is 66.9 Å². The van der Waals surface area contributed by atoms with Crippen molar-refractivity contribution in [3.63, 3.8) is 0 Å². The minimum Gasteiger partial charge on any atom is -0.348 e. The van der Waals surface area contributed by atoms with E-state index < -0.39 is 15.9 Å². The third kappa shape index (κ3) is 5.17. The molecule has 0 radical (unpaired) electrons. The van der Waals surface area contributed by atoms with E-state index in [4.69, 9.17) is 11.6 Å². The van der Waals surface area contributed by atoms with Gasteiger partial charge in [0.05, 0.1) is 10.7 Å².